The van der Waals surface area contributed by atoms with Crippen LogP contribution in [0.15, 0.2) is 42.5 Å². The van der Waals surface area contributed by atoms with Crippen molar-refractivity contribution < 1.29 is 4.74 Å². The topological polar surface area (TPSA) is 53.1 Å². The molecule has 0 saturated carbocycles. The fourth-order valence-electron chi connectivity index (χ4n) is 2.63. The summed E-state index contributed by atoms with van der Waals surface area (Å²) in [6, 6.07) is 14.5. The van der Waals surface area contributed by atoms with Gasteiger partial charge in [-0.3, -0.25) is 0 Å². The summed E-state index contributed by atoms with van der Waals surface area (Å²) >= 11 is 0. The van der Waals surface area contributed by atoms with E-state index in [1.807, 2.05) is 18.2 Å². The van der Waals surface area contributed by atoms with Crippen molar-refractivity contribution in [3.8, 4) is 5.75 Å². The predicted octanol–water partition coefficient (Wildman–Crippen LogP) is 3.54. The first-order valence-electron chi connectivity index (χ1n) is 6.98. The van der Waals surface area contributed by atoms with Gasteiger partial charge in [0.15, 0.2) is 0 Å². The molecule has 0 fully saturated rings. The molecule has 3 rings (SSSR count). The summed E-state index contributed by atoms with van der Waals surface area (Å²) in [5.74, 6) is 1.31. The number of methoxy groups -OCH3 is 1. The SMILES string of the molecule is COc1ccc2c(c1)nc(N)n2C(C)c1ccc(C)cc1. The minimum absolute atomic E-state index is 0.129. The maximum absolute atomic E-state index is 6.12. The van der Waals surface area contributed by atoms with E-state index in [2.05, 4.69) is 47.7 Å². The Morgan fingerprint density at radius 1 is 1.14 bits per heavy atom. The first-order chi connectivity index (χ1) is 10.1. The second-order valence-corrected chi connectivity index (χ2v) is 5.28. The molecule has 0 bridgehead atoms. The molecular weight excluding hydrogens is 262 g/mol. The van der Waals surface area contributed by atoms with Crippen molar-refractivity contribution in [1.82, 2.24) is 9.55 Å². The summed E-state index contributed by atoms with van der Waals surface area (Å²) < 4.78 is 7.29. The lowest BCUT2D eigenvalue weighted by Crippen LogP contribution is -2.10. The van der Waals surface area contributed by atoms with Crippen LogP contribution >= 0.6 is 0 Å². The van der Waals surface area contributed by atoms with Gasteiger partial charge in [-0.05, 0) is 31.5 Å². The zero-order valence-corrected chi connectivity index (χ0v) is 12.5. The third kappa shape index (κ3) is 2.33. The van der Waals surface area contributed by atoms with E-state index in [1.165, 1.54) is 11.1 Å². The van der Waals surface area contributed by atoms with Crippen molar-refractivity contribution in [2.45, 2.75) is 19.9 Å². The fraction of sp³-hybridized carbons (Fsp3) is 0.235. The number of fused-ring (bicyclic) bond motifs is 1. The number of nitrogen functional groups attached to an aromatic ring is 1. The Hall–Kier alpha value is -2.49. The molecule has 0 spiro atoms. The second kappa shape index (κ2) is 5.13. The van der Waals surface area contributed by atoms with E-state index >= 15 is 0 Å². The van der Waals surface area contributed by atoms with Crippen LogP contribution in [0.5, 0.6) is 5.75 Å². The van der Waals surface area contributed by atoms with Crippen LogP contribution < -0.4 is 10.5 Å². The average molecular weight is 281 g/mol. The van der Waals surface area contributed by atoms with E-state index in [-0.39, 0.29) is 6.04 Å². The number of hydrogen-bond donors (Lipinski definition) is 1. The van der Waals surface area contributed by atoms with Crippen LogP contribution in [0.2, 0.25) is 0 Å². The highest BCUT2D eigenvalue weighted by Crippen LogP contribution is 2.29. The Kier molecular flexibility index (Phi) is 3.29. The van der Waals surface area contributed by atoms with Crippen molar-refractivity contribution in [3.63, 3.8) is 0 Å². The summed E-state index contributed by atoms with van der Waals surface area (Å²) in [6.45, 7) is 4.22. The summed E-state index contributed by atoms with van der Waals surface area (Å²) in [5, 5.41) is 0. The van der Waals surface area contributed by atoms with Gasteiger partial charge in [-0.1, -0.05) is 29.8 Å². The molecule has 2 N–H and O–H groups in total. The van der Waals surface area contributed by atoms with Crippen molar-refractivity contribution in [2.24, 2.45) is 0 Å². The van der Waals surface area contributed by atoms with Crippen LogP contribution in [-0.2, 0) is 0 Å². The number of ether oxygens (including phenoxy) is 1. The number of imidazole rings is 1. The number of anilines is 1. The largest absolute Gasteiger partial charge is 0.497 e. The number of aromatic nitrogens is 2. The highest BCUT2D eigenvalue weighted by Gasteiger charge is 2.16. The molecule has 4 nitrogen and oxygen atoms in total. The van der Waals surface area contributed by atoms with Crippen LogP contribution in [0.3, 0.4) is 0 Å². The van der Waals surface area contributed by atoms with E-state index in [0.29, 0.717) is 5.95 Å². The van der Waals surface area contributed by atoms with Crippen molar-refractivity contribution in [3.05, 3.63) is 53.6 Å². The maximum Gasteiger partial charge on any atom is 0.201 e. The first kappa shape index (κ1) is 13.5. The minimum Gasteiger partial charge on any atom is -0.497 e. The summed E-state index contributed by atoms with van der Waals surface area (Å²) in [6.07, 6.45) is 0. The number of aryl methyl sites for hydroxylation is 1. The number of hydrogen-bond acceptors (Lipinski definition) is 3. The smallest absolute Gasteiger partial charge is 0.201 e. The van der Waals surface area contributed by atoms with E-state index in [9.17, 15) is 0 Å². The summed E-state index contributed by atoms with van der Waals surface area (Å²) in [4.78, 5) is 4.45. The molecule has 0 amide bonds. The molecule has 0 aliphatic carbocycles. The van der Waals surface area contributed by atoms with Gasteiger partial charge in [-0.15, -0.1) is 0 Å². The first-order valence-corrected chi connectivity index (χ1v) is 6.98. The van der Waals surface area contributed by atoms with Crippen LogP contribution in [0, 0.1) is 6.92 Å². The lowest BCUT2D eigenvalue weighted by molar-refractivity contribution is 0.415. The lowest BCUT2D eigenvalue weighted by Gasteiger charge is -2.16. The van der Waals surface area contributed by atoms with Gasteiger partial charge in [0.1, 0.15) is 5.75 Å². The van der Waals surface area contributed by atoms with Crippen molar-refractivity contribution in [1.29, 1.82) is 0 Å². The van der Waals surface area contributed by atoms with E-state index in [0.717, 1.165) is 16.8 Å². The number of nitrogens with two attached hydrogens (primary N) is 1. The molecule has 1 heterocycles. The maximum atomic E-state index is 6.12. The van der Waals surface area contributed by atoms with Crippen molar-refractivity contribution >= 4 is 17.0 Å². The van der Waals surface area contributed by atoms with Gasteiger partial charge in [0.2, 0.25) is 5.95 Å². The van der Waals surface area contributed by atoms with Gasteiger partial charge in [-0.25, -0.2) is 4.98 Å². The van der Waals surface area contributed by atoms with Crippen LogP contribution in [0.4, 0.5) is 5.95 Å². The molecule has 1 aromatic heterocycles. The number of nitrogens with zero attached hydrogens (tertiary/aromatic N) is 2. The molecular formula is C17H19N3O. The Labute approximate surface area is 124 Å². The number of benzene rings is 2. The van der Waals surface area contributed by atoms with Crippen LogP contribution in [-0.4, -0.2) is 16.7 Å². The van der Waals surface area contributed by atoms with E-state index < -0.39 is 0 Å². The molecule has 21 heavy (non-hydrogen) atoms. The quantitative estimate of drug-likeness (QED) is 0.798. The summed E-state index contributed by atoms with van der Waals surface area (Å²) in [7, 11) is 1.65. The van der Waals surface area contributed by atoms with Crippen LogP contribution in [0.25, 0.3) is 11.0 Å². The predicted molar refractivity (Wildman–Crippen MR) is 85.7 cm³/mol. The average Bonchev–Trinajstić information content (AvgIpc) is 2.82. The Morgan fingerprint density at radius 2 is 1.86 bits per heavy atom. The van der Waals surface area contributed by atoms with Gasteiger partial charge < -0.3 is 15.0 Å². The number of rotatable bonds is 3. The van der Waals surface area contributed by atoms with Gasteiger partial charge >= 0.3 is 0 Å². The minimum atomic E-state index is 0.129. The normalized spacial score (nSPS) is 12.5. The van der Waals surface area contributed by atoms with E-state index in [1.54, 1.807) is 7.11 Å². The monoisotopic (exact) mass is 281 g/mol. The Morgan fingerprint density at radius 3 is 2.52 bits per heavy atom. The highest BCUT2D eigenvalue weighted by atomic mass is 16.5. The molecule has 108 valence electrons. The zero-order chi connectivity index (χ0) is 15.0. The Bertz CT molecular complexity index is 775. The molecule has 4 heteroatoms. The van der Waals surface area contributed by atoms with Gasteiger partial charge in [0.25, 0.3) is 0 Å². The molecule has 1 atom stereocenters. The van der Waals surface area contributed by atoms with Crippen LogP contribution in [0.1, 0.15) is 24.1 Å². The standard InChI is InChI=1S/C17H19N3O/c1-11-4-6-13(7-5-11)12(2)20-16-9-8-14(21-3)10-15(16)19-17(20)18/h4-10,12H,1-3H3,(H2,18,19). The highest BCUT2D eigenvalue weighted by molar-refractivity contribution is 5.80. The summed E-state index contributed by atoms with van der Waals surface area (Å²) in [5.41, 5.74) is 10.5. The zero-order valence-electron chi connectivity index (χ0n) is 12.5. The second-order valence-electron chi connectivity index (χ2n) is 5.28. The fourth-order valence-corrected chi connectivity index (χ4v) is 2.63. The molecule has 0 saturated heterocycles. The molecule has 0 aliphatic rings. The molecule has 1 unspecified atom stereocenters. The lowest BCUT2D eigenvalue weighted by atomic mass is 10.1. The van der Waals surface area contributed by atoms with E-state index in [4.69, 9.17) is 10.5 Å². The van der Waals surface area contributed by atoms with Crippen molar-refractivity contribution in [2.75, 3.05) is 12.8 Å². The third-order valence-corrected chi connectivity index (χ3v) is 3.87. The molecule has 2 aromatic carbocycles. The van der Waals surface area contributed by atoms with Gasteiger partial charge in [0.05, 0.1) is 24.2 Å². The molecule has 0 radical (unpaired) electrons. The third-order valence-electron chi connectivity index (χ3n) is 3.87. The van der Waals surface area contributed by atoms with Gasteiger partial charge in [-0.2, -0.15) is 0 Å². The van der Waals surface area contributed by atoms with Gasteiger partial charge in [0, 0.05) is 6.07 Å². The molecule has 3 aromatic rings. The Balaban J connectivity index is 2.10. The molecule has 0 aliphatic heterocycles.